The monoisotopic (exact) mass is 375 g/mol. The Bertz CT molecular complexity index is 962. The number of carbonyl (C=O) groups is 3. The van der Waals surface area contributed by atoms with Crippen molar-refractivity contribution >= 4 is 35.5 Å². The van der Waals surface area contributed by atoms with Crippen molar-refractivity contribution in [2.75, 3.05) is 11.4 Å². The molecule has 0 spiro atoms. The predicted octanol–water partition coefficient (Wildman–Crippen LogP) is 3.49. The van der Waals surface area contributed by atoms with Gasteiger partial charge in [-0.15, -0.1) is 0 Å². The fraction of sp³-hybridized carbons (Fsp3) is 0.105. The minimum absolute atomic E-state index is 0.0934. The van der Waals surface area contributed by atoms with Crippen molar-refractivity contribution in [2.24, 2.45) is 0 Å². The topological polar surface area (TPSA) is 74.7 Å². The average Bonchev–Trinajstić information content (AvgIpc) is 2.84. The summed E-state index contributed by atoms with van der Waals surface area (Å²) in [5.74, 6) is -2.94. The maximum Gasteiger partial charge on any atom is 0.416 e. The molecule has 1 aliphatic heterocycles. The Morgan fingerprint density at radius 3 is 2.19 bits per heavy atom. The summed E-state index contributed by atoms with van der Waals surface area (Å²) in [5, 5.41) is 8.85. The molecule has 2 aromatic carbocycles. The average molecular weight is 375 g/mol. The molecule has 1 amide bonds. The Kier molecular flexibility index (Phi) is 4.57. The van der Waals surface area contributed by atoms with Crippen molar-refractivity contribution in [3.63, 3.8) is 0 Å². The second kappa shape index (κ2) is 6.71. The first kappa shape index (κ1) is 18.4. The Labute approximate surface area is 151 Å². The molecule has 3 rings (SSSR count). The maximum atomic E-state index is 12.6. The Balaban J connectivity index is 1.84. The molecule has 0 saturated carbocycles. The lowest BCUT2D eigenvalue weighted by atomic mass is 10.1. The van der Waals surface area contributed by atoms with E-state index in [1.54, 1.807) is 18.2 Å². The summed E-state index contributed by atoms with van der Waals surface area (Å²) in [5.41, 5.74) is 0.639. The Hall–Kier alpha value is -3.42. The maximum absolute atomic E-state index is 12.6. The second-order valence-corrected chi connectivity index (χ2v) is 5.84. The summed E-state index contributed by atoms with van der Waals surface area (Å²) < 4.78 is 37.7. The number of carbonyl (C=O) groups excluding carboxylic acids is 2. The van der Waals surface area contributed by atoms with Gasteiger partial charge in [0.2, 0.25) is 0 Å². The summed E-state index contributed by atoms with van der Waals surface area (Å²) in [4.78, 5) is 35.7. The van der Waals surface area contributed by atoms with Crippen molar-refractivity contribution in [1.29, 1.82) is 0 Å². The highest BCUT2D eigenvalue weighted by molar-refractivity contribution is 6.52. The molecule has 1 N–H and O–H groups in total. The zero-order valence-electron chi connectivity index (χ0n) is 13.7. The van der Waals surface area contributed by atoms with Crippen LogP contribution in [0.5, 0.6) is 0 Å². The molecular weight excluding hydrogens is 363 g/mol. The largest absolute Gasteiger partial charge is 0.480 e. The molecule has 8 heteroatoms. The van der Waals surface area contributed by atoms with Crippen LogP contribution in [0.1, 0.15) is 27.0 Å². The van der Waals surface area contributed by atoms with Gasteiger partial charge in [-0.25, -0.2) is 0 Å². The number of hydrogen-bond donors (Lipinski definition) is 1. The molecule has 2 aromatic rings. The first-order valence-electron chi connectivity index (χ1n) is 7.74. The van der Waals surface area contributed by atoms with Crippen LogP contribution in [-0.4, -0.2) is 29.3 Å². The van der Waals surface area contributed by atoms with Gasteiger partial charge in [0.05, 0.1) is 16.8 Å². The smallest absolute Gasteiger partial charge is 0.416 e. The van der Waals surface area contributed by atoms with E-state index in [1.807, 2.05) is 0 Å². The Morgan fingerprint density at radius 1 is 1.00 bits per heavy atom. The molecule has 0 aromatic heterocycles. The van der Waals surface area contributed by atoms with Crippen LogP contribution in [0.25, 0.3) is 12.2 Å². The minimum Gasteiger partial charge on any atom is -0.480 e. The molecule has 0 aliphatic carbocycles. The molecule has 0 radical (unpaired) electrons. The fourth-order valence-corrected chi connectivity index (χ4v) is 2.69. The lowest BCUT2D eigenvalue weighted by Crippen LogP contribution is -2.34. The molecule has 0 atom stereocenters. The van der Waals surface area contributed by atoms with E-state index in [0.29, 0.717) is 11.1 Å². The van der Waals surface area contributed by atoms with Crippen LogP contribution in [0.15, 0.2) is 42.5 Å². The third-order valence-corrected chi connectivity index (χ3v) is 4.00. The predicted molar refractivity (Wildman–Crippen MR) is 91.1 cm³/mol. The highest BCUT2D eigenvalue weighted by Gasteiger charge is 2.36. The number of alkyl halides is 3. The number of amides is 1. The van der Waals surface area contributed by atoms with E-state index in [1.165, 1.54) is 24.3 Å². The van der Waals surface area contributed by atoms with Gasteiger partial charge in [-0.1, -0.05) is 30.4 Å². The molecular formula is C19H12F3NO4. The standard InChI is InChI=1S/C19H12F3NO4/c20-19(21,22)13-6-3-11(4-7-13)1-2-12-5-8-15-14(9-12)17(26)18(27)23(15)10-16(24)25/h1-9H,10H2,(H,24,25)/b2-1+. The first-order valence-corrected chi connectivity index (χ1v) is 7.74. The Morgan fingerprint density at radius 2 is 1.59 bits per heavy atom. The van der Waals surface area contributed by atoms with Crippen molar-refractivity contribution in [1.82, 2.24) is 0 Å². The first-order chi connectivity index (χ1) is 12.7. The highest BCUT2D eigenvalue weighted by Crippen LogP contribution is 2.31. The van der Waals surface area contributed by atoms with Crippen LogP contribution >= 0.6 is 0 Å². The van der Waals surface area contributed by atoms with Crippen molar-refractivity contribution in [2.45, 2.75) is 6.18 Å². The summed E-state index contributed by atoms with van der Waals surface area (Å²) in [7, 11) is 0. The number of hydrogen-bond acceptors (Lipinski definition) is 3. The van der Waals surface area contributed by atoms with E-state index >= 15 is 0 Å². The van der Waals surface area contributed by atoms with E-state index in [-0.39, 0.29) is 11.3 Å². The molecule has 0 unspecified atom stereocenters. The number of aliphatic carboxylic acids is 1. The van der Waals surface area contributed by atoms with Crippen molar-refractivity contribution in [3.8, 4) is 0 Å². The number of anilines is 1. The van der Waals surface area contributed by atoms with Crippen LogP contribution in [-0.2, 0) is 15.8 Å². The molecule has 1 heterocycles. The molecule has 5 nitrogen and oxygen atoms in total. The number of carboxylic acids is 1. The summed E-state index contributed by atoms with van der Waals surface area (Å²) in [6, 6.07) is 9.06. The van der Waals surface area contributed by atoms with Gasteiger partial charge in [0.25, 0.3) is 11.7 Å². The summed E-state index contributed by atoms with van der Waals surface area (Å²) >= 11 is 0. The third-order valence-electron chi connectivity index (χ3n) is 4.00. The quantitative estimate of drug-likeness (QED) is 0.656. The van der Waals surface area contributed by atoms with Gasteiger partial charge in [0, 0.05) is 0 Å². The van der Waals surface area contributed by atoms with E-state index in [9.17, 15) is 27.6 Å². The number of Topliss-reactive ketones (excluding diaryl/α,β-unsaturated/α-hetero) is 1. The molecule has 1 aliphatic rings. The highest BCUT2D eigenvalue weighted by atomic mass is 19.4. The van der Waals surface area contributed by atoms with Gasteiger partial charge in [0.1, 0.15) is 6.54 Å². The van der Waals surface area contributed by atoms with Gasteiger partial charge in [-0.2, -0.15) is 13.2 Å². The van der Waals surface area contributed by atoms with Crippen LogP contribution in [0.4, 0.5) is 18.9 Å². The van der Waals surface area contributed by atoms with Gasteiger partial charge in [-0.3, -0.25) is 19.3 Å². The zero-order valence-corrected chi connectivity index (χ0v) is 13.7. The number of nitrogens with zero attached hydrogens (tertiary/aromatic N) is 1. The van der Waals surface area contributed by atoms with E-state index in [0.717, 1.165) is 17.0 Å². The van der Waals surface area contributed by atoms with Gasteiger partial charge in [0.15, 0.2) is 0 Å². The molecule has 0 saturated heterocycles. The fourth-order valence-electron chi connectivity index (χ4n) is 2.69. The van der Waals surface area contributed by atoms with Gasteiger partial charge in [-0.05, 0) is 35.4 Å². The van der Waals surface area contributed by atoms with Crippen molar-refractivity contribution in [3.05, 3.63) is 64.7 Å². The van der Waals surface area contributed by atoms with Gasteiger partial charge >= 0.3 is 12.1 Å². The SMILES string of the molecule is O=C(O)CN1C(=O)C(=O)c2cc(/C=C/c3ccc(C(F)(F)F)cc3)ccc21. The number of rotatable bonds is 4. The molecule has 138 valence electrons. The van der Waals surface area contributed by atoms with Crippen molar-refractivity contribution < 1.29 is 32.7 Å². The molecule has 0 fully saturated rings. The van der Waals surface area contributed by atoms with E-state index < -0.39 is 35.9 Å². The lowest BCUT2D eigenvalue weighted by Gasteiger charge is -2.13. The number of halogens is 3. The number of carboxylic acid groups (broad SMARTS) is 1. The second-order valence-electron chi connectivity index (χ2n) is 5.84. The normalized spacial score (nSPS) is 14.1. The summed E-state index contributed by atoms with van der Waals surface area (Å²) in [6.07, 6.45) is -1.25. The number of ketones is 1. The minimum atomic E-state index is -4.41. The van der Waals surface area contributed by atoms with E-state index in [4.69, 9.17) is 5.11 Å². The van der Waals surface area contributed by atoms with E-state index in [2.05, 4.69) is 0 Å². The molecule has 27 heavy (non-hydrogen) atoms. The molecule has 0 bridgehead atoms. The van der Waals surface area contributed by atoms with Crippen LogP contribution in [0.3, 0.4) is 0 Å². The van der Waals surface area contributed by atoms with Crippen LogP contribution in [0.2, 0.25) is 0 Å². The number of fused-ring (bicyclic) bond motifs is 1. The third kappa shape index (κ3) is 3.74. The van der Waals surface area contributed by atoms with Crippen LogP contribution < -0.4 is 4.90 Å². The number of benzene rings is 2. The summed E-state index contributed by atoms with van der Waals surface area (Å²) in [6.45, 7) is -0.613. The van der Waals surface area contributed by atoms with Crippen LogP contribution in [0, 0.1) is 0 Å². The zero-order chi connectivity index (χ0) is 19.8. The lowest BCUT2D eigenvalue weighted by molar-refractivity contribution is -0.138. The van der Waals surface area contributed by atoms with Gasteiger partial charge < -0.3 is 5.11 Å².